The Hall–Kier alpha value is -1.39. The number of likely N-dealkylation sites (tertiary alicyclic amines) is 1. The van der Waals surface area contributed by atoms with Gasteiger partial charge in [-0.3, -0.25) is 9.59 Å². The van der Waals surface area contributed by atoms with Crippen molar-refractivity contribution in [3.05, 3.63) is 0 Å². The molecule has 0 bridgehead atoms. The van der Waals surface area contributed by atoms with Crippen LogP contribution in [0.3, 0.4) is 0 Å². The van der Waals surface area contributed by atoms with E-state index in [1.54, 1.807) is 20.8 Å². The summed E-state index contributed by atoms with van der Waals surface area (Å²) >= 11 is 0. The van der Waals surface area contributed by atoms with Crippen molar-refractivity contribution in [2.45, 2.75) is 58.1 Å². The molecule has 2 amide bonds. The number of nitrogens with zero attached hydrogens (tertiary/aromatic N) is 1. The lowest BCUT2D eigenvalue weighted by atomic mass is 10.1. The van der Waals surface area contributed by atoms with Gasteiger partial charge in [-0.1, -0.05) is 12.8 Å². The van der Waals surface area contributed by atoms with Crippen molar-refractivity contribution in [3.8, 4) is 0 Å². The number of carbonyl (C=O) groups excluding carboxylic acids is 3. The van der Waals surface area contributed by atoms with Gasteiger partial charge in [0.2, 0.25) is 5.91 Å². The van der Waals surface area contributed by atoms with Crippen LogP contribution in [0.5, 0.6) is 0 Å². The molecular weight excluding hydrogens is 234 g/mol. The average Bonchev–Trinajstić information content (AvgIpc) is 2.92. The maximum absolute atomic E-state index is 12.0. The number of ketones is 1. The standard InChI is InChI=1S/C13H19NO4/c1-13(2,3)18-12(17)14-9(6-8-4-5-8)10(15)7-11(14)16/h8-9H,4-7H2,1-3H3/t9-/m1/s1. The van der Waals surface area contributed by atoms with Crippen molar-refractivity contribution in [2.75, 3.05) is 0 Å². The van der Waals surface area contributed by atoms with Crippen LogP contribution in [0.1, 0.15) is 46.5 Å². The fraction of sp³-hybridized carbons (Fsp3) is 0.769. The lowest BCUT2D eigenvalue weighted by molar-refractivity contribution is -0.128. The molecule has 1 aliphatic heterocycles. The van der Waals surface area contributed by atoms with Gasteiger partial charge in [-0.2, -0.15) is 0 Å². The van der Waals surface area contributed by atoms with Crippen LogP contribution < -0.4 is 0 Å². The van der Waals surface area contributed by atoms with E-state index in [1.165, 1.54) is 0 Å². The second-order valence-corrected chi connectivity index (χ2v) is 6.08. The van der Waals surface area contributed by atoms with Gasteiger partial charge in [-0.25, -0.2) is 9.69 Å². The van der Waals surface area contributed by atoms with Crippen molar-refractivity contribution in [1.29, 1.82) is 0 Å². The molecule has 0 aromatic heterocycles. The Morgan fingerprint density at radius 1 is 1.33 bits per heavy atom. The molecule has 0 radical (unpaired) electrons. The Labute approximate surface area is 106 Å². The summed E-state index contributed by atoms with van der Waals surface area (Å²) in [6.07, 6.45) is 1.91. The van der Waals surface area contributed by atoms with E-state index >= 15 is 0 Å². The summed E-state index contributed by atoms with van der Waals surface area (Å²) < 4.78 is 5.19. The van der Waals surface area contributed by atoms with E-state index in [2.05, 4.69) is 0 Å². The van der Waals surface area contributed by atoms with Gasteiger partial charge >= 0.3 is 6.09 Å². The third-order valence-corrected chi connectivity index (χ3v) is 3.12. The molecule has 2 fully saturated rings. The molecule has 100 valence electrons. The molecular formula is C13H19NO4. The Morgan fingerprint density at radius 2 is 1.94 bits per heavy atom. The quantitative estimate of drug-likeness (QED) is 0.705. The molecule has 1 aliphatic carbocycles. The van der Waals surface area contributed by atoms with Crippen LogP contribution in [0.4, 0.5) is 4.79 Å². The van der Waals surface area contributed by atoms with Crippen LogP contribution >= 0.6 is 0 Å². The van der Waals surface area contributed by atoms with Crippen molar-refractivity contribution in [2.24, 2.45) is 5.92 Å². The molecule has 0 unspecified atom stereocenters. The first-order valence-electron chi connectivity index (χ1n) is 6.35. The van der Waals surface area contributed by atoms with Crippen molar-refractivity contribution in [3.63, 3.8) is 0 Å². The smallest absolute Gasteiger partial charge is 0.417 e. The van der Waals surface area contributed by atoms with Crippen LogP contribution in [0.15, 0.2) is 0 Å². The third-order valence-electron chi connectivity index (χ3n) is 3.12. The number of carbonyl (C=O) groups is 3. The topological polar surface area (TPSA) is 63.7 Å². The molecule has 2 aliphatic rings. The van der Waals surface area contributed by atoms with E-state index in [-0.39, 0.29) is 12.2 Å². The lowest BCUT2D eigenvalue weighted by Gasteiger charge is -2.26. The number of ether oxygens (including phenoxy) is 1. The SMILES string of the molecule is CC(C)(C)OC(=O)N1C(=O)CC(=O)[C@H]1CC1CC1. The summed E-state index contributed by atoms with van der Waals surface area (Å²) in [5.74, 6) is -0.104. The zero-order valence-electron chi connectivity index (χ0n) is 11.1. The van der Waals surface area contributed by atoms with Gasteiger partial charge < -0.3 is 4.74 Å². The first-order chi connectivity index (χ1) is 8.28. The molecule has 2 rings (SSSR count). The van der Waals surface area contributed by atoms with Gasteiger partial charge in [0, 0.05) is 0 Å². The zero-order valence-corrected chi connectivity index (χ0v) is 11.1. The number of Topliss-reactive ketones (excluding diaryl/α,β-unsaturated/α-hetero) is 1. The summed E-state index contributed by atoms with van der Waals surface area (Å²) in [6.45, 7) is 5.22. The zero-order chi connectivity index (χ0) is 13.5. The third kappa shape index (κ3) is 2.89. The molecule has 1 saturated heterocycles. The molecule has 0 aromatic carbocycles. The van der Waals surface area contributed by atoms with Gasteiger partial charge in [0.25, 0.3) is 0 Å². The Morgan fingerprint density at radius 3 is 2.44 bits per heavy atom. The summed E-state index contributed by atoms with van der Waals surface area (Å²) in [5, 5.41) is 0. The highest BCUT2D eigenvalue weighted by molar-refractivity contribution is 6.13. The van der Waals surface area contributed by atoms with Crippen LogP contribution in [0.2, 0.25) is 0 Å². The van der Waals surface area contributed by atoms with E-state index < -0.39 is 23.6 Å². The van der Waals surface area contributed by atoms with E-state index in [4.69, 9.17) is 4.74 Å². The normalized spacial score (nSPS) is 24.6. The minimum Gasteiger partial charge on any atom is -0.443 e. The number of imide groups is 1. The highest BCUT2D eigenvalue weighted by atomic mass is 16.6. The minimum atomic E-state index is -0.691. The van der Waals surface area contributed by atoms with Crippen molar-refractivity contribution < 1.29 is 19.1 Å². The van der Waals surface area contributed by atoms with Crippen LogP contribution in [0.25, 0.3) is 0 Å². The highest BCUT2D eigenvalue weighted by Crippen LogP contribution is 2.37. The lowest BCUT2D eigenvalue weighted by Crippen LogP contribution is -2.43. The van der Waals surface area contributed by atoms with E-state index in [0.717, 1.165) is 17.7 Å². The molecule has 1 heterocycles. The average molecular weight is 253 g/mol. The first-order valence-corrected chi connectivity index (χ1v) is 6.35. The van der Waals surface area contributed by atoms with E-state index in [1.807, 2.05) is 0 Å². The van der Waals surface area contributed by atoms with Gasteiger partial charge in [-0.05, 0) is 33.1 Å². The number of rotatable bonds is 2. The second kappa shape index (κ2) is 4.37. The molecule has 1 saturated carbocycles. The van der Waals surface area contributed by atoms with Crippen LogP contribution in [-0.4, -0.2) is 34.3 Å². The number of hydrogen-bond donors (Lipinski definition) is 0. The van der Waals surface area contributed by atoms with E-state index in [0.29, 0.717) is 12.3 Å². The van der Waals surface area contributed by atoms with Crippen molar-refractivity contribution in [1.82, 2.24) is 4.90 Å². The van der Waals surface area contributed by atoms with Gasteiger partial charge in [0.15, 0.2) is 5.78 Å². The predicted octanol–water partition coefficient (Wildman–Crippen LogP) is 1.89. The molecule has 18 heavy (non-hydrogen) atoms. The Balaban J connectivity index is 2.09. The monoisotopic (exact) mass is 253 g/mol. The summed E-state index contributed by atoms with van der Waals surface area (Å²) in [6, 6.07) is -0.597. The minimum absolute atomic E-state index is 0.155. The van der Waals surface area contributed by atoms with Crippen LogP contribution in [-0.2, 0) is 14.3 Å². The van der Waals surface area contributed by atoms with Gasteiger partial charge in [0.05, 0.1) is 6.42 Å². The predicted molar refractivity (Wildman–Crippen MR) is 63.8 cm³/mol. The summed E-state index contributed by atoms with van der Waals surface area (Å²) in [5.41, 5.74) is -0.660. The molecule has 1 atom stereocenters. The first kappa shape index (κ1) is 13.1. The largest absolute Gasteiger partial charge is 0.443 e. The highest BCUT2D eigenvalue weighted by Gasteiger charge is 2.46. The van der Waals surface area contributed by atoms with Gasteiger partial charge in [0.1, 0.15) is 11.6 Å². The Kier molecular flexibility index (Phi) is 3.17. The molecule has 5 heteroatoms. The van der Waals surface area contributed by atoms with Gasteiger partial charge in [-0.15, -0.1) is 0 Å². The van der Waals surface area contributed by atoms with Crippen molar-refractivity contribution >= 4 is 17.8 Å². The summed E-state index contributed by atoms with van der Waals surface area (Å²) in [4.78, 5) is 36.5. The fourth-order valence-corrected chi connectivity index (χ4v) is 2.12. The summed E-state index contributed by atoms with van der Waals surface area (Å²) in [7, 11) is 0. The molecule has 0 N–H and O–H groups in total. The molecule has 5 nitrogen and oxygen atoms in total. The molecule has 0 spiro atoms. The second-order valence-electron chi connectivity index (χ2n) is 6.08. The number of amides is 2. The maximum Gasteiger partial charge on any atom is 0.417 e. The Bertz CT molecular complexity index is 392. The van der Waals surface area contributed by atoms with Crippen LogP contribution in [0, 0.1) is 5.92 Å². The van der Waals surface area contributed by atoms with E-state index in [9.17, 15) is 14.4 Å². The fourth-order valence-electron chi connectivity index (χ4n) is 2.12. The number of hydrogen-bond acceptors (Lipinski definition) is 4. The maximum atomic E-state index is 12.0. The molecule has 0 aromatic rings.